The molecule has 1 aromatic carbocycles. The van der Waals surface area contributed by atoms with Gasteiger partial charge in [0, 0.05) is 22.9 Å². The Bertz CT molecular complexity index is 969. The van der Waals surface area contributed by atoms with E-state index >= 15 is 0 Å². The minimum atomic E-state index is -0.175. The van der Waals surface area contributed by atoms with Crippen LogP contribution in [0.2, 0.25) is 0 Å². The number of pyridine rings is 1. The Kier molecular flexibility index (Phi) is 3.51. The molecule has 0 saturated heterocycles. The van der Waals surface area contributed by atoms with Gasteiger partial charge < -0.3 is 5.21 Å². The Morgan fingerprint density at radius 3 is 2.72 bits per heavy atom. The number of para-hydroxylation sites is 1. The lowest BCUT2D eigenvalue weighted by atomic mass is 9.78. The van der Waals surface area contributed by atoms with Gasteiger partial charge in [0.15, 0.2) is 0 Å². The van der Waals surface area contributed by atoms with Crippen molar-refractivity contribution >= 4 is 16.6 Å². The molecule has 0 spiro atoms. The maximum absolute atomic E-state index is 11.0. The van der Waals surface area contributed by atoms with Crippen molar-refractivity contribution < 1.29 is 10.4 Å². The quantitative estimate of drug-likeness (QED) is 0.494. The number of hydrogen-bond acceptors (Lipinski definition) is 4. The van der Waals surface area contributed by atoms with Gasteiger partial charge in [-0.1, -0.05) is 51.5 Å². The molecule has 0 unspecified atom stereocenters. The van der Waals surface area contributed by atoms with Crippen molar-refractivity contribution in [2.45, 2.75) is 40.0 Å². The molecule has 0 amide bonds. The van der Waals surface area contributed by atoms with E-state index in [2.05, 4.69) is 26.3 Å². The number of aromatic nitrogens is 2. The van der Waals surface area contributed by atoms with E-state index in [1.54, 1.807) is 0 Å². The van der Waals surface area contributed by atoms with Gasteiger partial charge in [-0.05, 0) is 17.9 Å². The Balaban J connectivity index is 2.16. The van der Waals surface area contributed by atoms with E-state index in [4.69, 9.17) is 4.98 Å². The van der Waals surface area contributed by atoms with E-state index in [1.807, 2.05) is 30.3 Å². The predicted molar refractivity (Wildman–Crippen MR) is 97.9 cm³/mol. The van der Waals surface area contributed by atoms with Crippen LogP contribution >= 0.6 is 0 Å². The maximum Gasteiger partial charge on any atom is 0.0848 e. The van der Waals surface area contributed by atoms with Gasteiger partial charge in [-0.3, -0.25) is 10.7 Å². The van der Waals surface area contributed by atoms with Crippen LogP contribution in [0, 0.1) is 5.41 Å². The van der Waals surface area contributed by atoms with E-state index in [-0.39, 0.29) is 5.41 Å². The molecule has 0 atom stereocenters. The molecular formula is C20H23N3O2. The number of benzene rings is 1. The fraction of sp³-hybridized carbons (Fsp3) is 0.350. The van der Waals surface area contributed by atoms with Gasteiger partial charge in [0.25, 0.3) is 0 Å². The molecule has 1 aliphatic carbocycles. The molecule has 130 valence electrons. The smallest absolute Gasteiger partial charge is 0.0848 e. The summed E-state index contributed by atoms with van der Waals surface area (Å²) in [5, 5.41) is 21.8. The van der Waals surface area contributed by atoms with Crippen molar-refractivity contribution in [3.05, 3.63) is 47.3 Å². The predicted octanol–water partition coefficient (Wildman–Crippen LogP) is 4.23. The van der Waals surface area contributed by atoms with Gasteiger partial charge >= 0.3 is 0 Å². The van der Waals surface area contributed by atoms with E-state index in [0.717, 1.165) is 52.0 Å². The van der Waals surface area contributed by atoms with Crippen molar-refractivity contribution in [3.63, 3.8) is 0 Å². The normalized spacial score (nSPS) is 16.1. The molecule has 25 heavy (non-hydrogen) atoms. The third-order valence-electron chi connectivity index (χ3n) is 5.00. The zero-order chi connectivity index (χ0) is 17.8. The van der Waals surface area contributed by atoms with Crippen LogP contribution < -0.4 is 5.48 Å². The summed E-state index contributed by atoms with van der Waals surface area (Å²) < 4.78 is 1.33. The Hall–Kier alpha value is -2.53. The fourth-order valence-electron chi connectivity index (χ4n) is 4.02. The van der Waals surface area contributed by atoms with Gasteiger partial charge in [0.1, 0.15) is 0 Å². The zero-order valence-corrected chi connectivity index (χ0v) is 14.8. The molecule has 3 aliphatic rings. The highest BCUT2D eigenvalue weighted by molar-refractivity contribution is 6.02. The fourth-order valence-corrected chi connectivity index (χ4v) is 4.02. The standard InChI is InChI=1S/C20H23N3O2/c1-4-7-15-17-12-8-5-6-9-13(12)21-19(17)18-14(22-24)10-20(2,3)11-16(18)23(15)25/h5-6,8-10,22,24-25H,4,7,11H2,1-3H3. The van der Waals surface area contributed by atoms with Crippen molar-refractivity contribution in [2.75, 3.05) is 0 Å². The van der Waals surface area contributed by atoms with Gasteiger partial charge in [-0.2, -0.15) is 4.73 Å². The summed E-state index contributed by atoms with van der Waals surface area (Å²) in [6.45, 7) is 6.28. The zero-order valence-electron chi connectivity index (χ0n) is 14.8. The summed E-state index contributed by atoms with van der Waals surface area (Å²) in [5.74, 6) is 0. The van der Waals surface area contributed by atoms with Crippen LogP contribution in [-0.4, -0.2) is 20.1 Å². The highest BCUT2D eigenvalue weighted by Gasteiger charge is 2.34. The second-order valence-corrected chi connectivity index (χ2v) is 7.52. The molecule has 3 N–H and O–H groups in total. The Morgan fingerprint density at radius 1 is 1.24 bits per heavy atom. The minimum Gasteiger partial charge on any atom is -0.428 e. The lowest BCUT2D eigenvalue weighted by molar-refractivity contribution is 0.158. The molecule has 4 rings (SSSR count). The summed E-state index contributed by atoms with van der Waals surface area (Å²) in [6, 6.07) is 7.99. The highest BCUT2D eigenvalue weighted by atomic mass is 16.5. The molecular weight excluding hydrogens is 314 g/mol. The number of nitrogens with one attached hydrogen (secondary N) is 1. The summed E-state index contributed by atoms with van der Waals surface area (Å²) in [6.07, 6.45) is 4.38. The third kappa shape index (κ3) is 2.30. The Morgan fingerprint density at radius 2 is 2.00 bits per heavy atom. The molecule has 0 aromatic heterocycles. The molecule has 0 fully saturated rings. The second-order valence-electron chi connectivity index (χ2n) is 7.52. The van der Waals surface area contributed by atoms with Gasteiger partial charge in [0.05, 0.1) is 28.3 Å². The first-order valence-corrected chi connectivity index (χ1v) is 8.74. The molecule has 0 radical (unpaired) electrons. The van der Waals surface area contributed by atoms with Crippen LogP contribution in [0.15, 0.2) is 30.3 Å². The van der Waals surface area contributed by atoms with Crippen LogP contribution in [-0.2, 0) is 12.8 Å². The number of fused-ring (bicyclic) bond motifs is 5. The highest BCUT2D eigenvalue weighted by Crippen LogP contribution is 2.45. The average Bonchev–Trinajstić information content (AvgIpc) is 2.96. The SMILES string of the molecule is CCCc1c2c3ccccc3nc-2c2c(n1O)CC(C)(C)C=C2NO. The first-order chi connectivity index (χ1) is 12.0. The third-order valence-corrected chi connectivity index (χ3v) is 5.00. The van der Waals surface area contributed by atoms with Crippen LogP contribution in [0.1, 0.15) is 44.1 Å². The Labute approximate surface area is 146 Å². The lowest BCUT2D eigenvalue weighted by Crippen LogP contribution is -2.28. The average molecular weight is 337 g/mol. The number of nitrogens with zero attached hydrogens (tertiary/aromatic N) is 2. The van der Waals surface area contributed by atoms with E-state index in [1.165, 1.54) is 4.73 Å². The van der Waals surface area contributed by atoms with Gasteiger partial charge in [-0.15, -0.1) is 0 Å². The summed E-state index contributed by atoms with van der Waals surface area (Å²) in [5.41, 5.74) is 7.95. The van der Waals surface area contributed by atoms with E-state index in [9.17, 15) is 10.4 Å². The molecule has 5 heteroatoms. The largest absolute Gasteiger partial charge is 0.428 e. The second kappa shape index (κ2) is 5.49. The van der Waals surface area contributed by atoms with E-state index in [0.29, 0.717) is 12.1 Å². The summed E-state index contributed by atoms with van der Waals surface area (Å²) in [4.78, 5) is 4.84. The molecule has 2 heterocycles. The van der Waals surface area contributed by atoms with Crippen LogP contribution in [0.5, 0.6) is 0 Å². The molecule has 0 bridgehead atoms. The first kappa shape index (κ1) is 16.0. The number of rotatable bonds is 3. The first-order valence-electron chi connectivity index (χ1n) is 8.74. The summed E-state index contributed by atoms with van der Waals surface area (Å²) in [7, 11) is 0. The number of allylic oxidation sites excluding steroid dienone is 1. The van der Waals surface area contributed by atoms with Crippen molar-refractivity contribution in [3.8, 4) is 11.3 Å². The molecule has 5 nitrogen and oxygen atoms in total. The van der Waals surface area contributed by atoms with Crippen LogP contribution in [0.3, 0.4) is 0 Å². The lowest BCUT2D eigenvalue weighted by Gasteiger charge is -2.32. The maximum atomic E-state index is 11.0. The molecule has 1 aromatic rings. The van der Waals surface area contributed by atoms with Crippen LogP contribution in [0.25, 0.3) is 27.9 Å². The number of hydroxylamine groups is 1. The summed E-state index contributed by atoms with van der Waals surface area (Å²) >= 11 is 0. The van der Waals surface area contributed by atoms with Crippen molar-refractivity contribution in [1.29, 1.82) is 0 Å². The van der Waals surface area contributed by atoms with E-state index < -0.39 is 0 Å². The monoisotopic (exact) mass is 337 g/mol. The van der Waals surface area contributed by atoms with Gasteiger partial charge in [-0.25, -0.2) is 4.98 Å². The minimum absolute atomic E-state index is 0.175. The molecule has 0 saturated carbocycles. The molecule has 2 aliphatic heterocycles. The topological polar surface area (TPSA) is 70.3 Å². The van der Waals surface area contributed by atoms with Crippen molar-refractivity contribution in [1.82, 2.24) is 15.2 Å². The van der Waals surface area contributed by atoms with Crippen LogP contribution in [0.4, 0.5) is 0 Å². The van der Waals surface area contributed by atoms with Gasteiger partial charge in [0.2, 0.25) is 0 Å². The number of hydrogen-bond donors (Lipinski definition) is 3. The van der Waals surface area contributed by atoms with Crippen molar-refractivity contribution in [2.24, 2.45) is 5.41 Å².